The first-order chi connectivity index (χ1) is 10.7. The van der Waals surface area contributed by atoms with Gasteiger partial charge in [0.15, 0.2) is 0 Å². The number of nitrogens with one attached hydrogen (secondary N) is 1. The molecule has 22 heavy (non-hydrogen) atoms. The molecule has 0 aliphatic rings. The maximum atomic E-state index is 11.9. The summed E-state index contributed by atoms with van der Waals surface area (Å²) in [6.07, 6.45) is 3.15. The van der Waals surface area contributed by atoms with Gasteiger partial charge in [0, 0.05) is 0 Å². The van der Waals surface area contributed by atoms with Gasteiger partial charge < -0.3 is 9.67 Å². The van der Waals surface area contributed by atoms with E-state index >= 15 is 0 Å². The van der Waals surface area contributed by atoms with E-state index in [4.69, 9.17) is 0 Å². The topological polar surface area (TPSA) is 79.5 Å². The summed E-state index contributed by atoms with van der Waals surface area (Å²) in [7, 11) is 0. The zero-order chi connectivity index (χ0) is 15.4. The number of hydrogen-bond acceptors (Lipinski definition) is 4. The van der Waals surface area contributed by atoms with Gasteiger partial charge in [0.25, 0.3) is 5.91 Å². The third-order valence-corrected chi connectivity index (χ3v) is 3.14. The predicted molar refractivity (Wildman–Crippen MR) is 83.6 cm³/mol. The number of hydrogen-bond donors (Lipinski definition) is 2. The SMILES string of the molecule is O=C(Cn1cnc2ccccc21)NN=Cc1ccc(O)cc1. The average molecular weight is 294 g/mol. The highest BCUT2D eigenvalue weighted by atomic mass is 16.3. The second-order valence-electron chi connectivity index (χ2n) is 4.75. The van der Waals surface area contributed by atoms with E-state index in [0.29, 0.717) is 0 Å². The van der Waals surface area contributed by atoms with Crippen molar-refractivity contribution in [2.24, 2.45) is 5.10 Å². The van der Waals surface area contributed by atoms with Crippen molar-refractivity contribution in [1.29, 1.82) is 0 Å². The Balaban J connectivity index is 1.62. The molecule has 2 N–H and O–H groups in total. The predicted octanol–water partition coefficient (Wildman–Crippen LogP) is 1.89. The van der Waals surface area contributed by atoms with Crippen molar-refractivity contribution in [3.05, 3.63) is 60.4 Å². The molecule has 6 nitrogen and oxygen atoms in total. The molecule has 0 saturated carbocycles. The largest absolute Gasteiger partial charge is 0.508 e. The maximum Gasteiger partial charge on any atom is 0.260 e. The number of imidazole rings is 1. The first-order valence-electron chi connectivity index (χ1n) is 6.73. The van der Waals surface area contributed by atoms with E-state index in [0.717, 1.165) is 16.6 Å². The molecule has 110 valence electrons. The van der Waals surface area contributed by atoms with E-state index in [1.165, 1.54) is 6.21 Å². The Labute approximate surface area is 126 Å². The fourth-order valence-corrected chi connectivity index (χ4v) is 2.07. The van der Waals surface area contributed by atoms with E-state index < -0.39 is 0 Å². The molecule has 0 aliphatic heterocycles. The summed E-state index contributed by atoms with van der Waals surface area (Å²) in [4.78, 5) is 16.1. The number of benzene rings is 2. The van der Waals surface area contributed by atoms with Gasteiger partial charge in [-0.2, -0.15) is 5.10 Å². The molecular formula is C16H14N4O2. The van der Waals surface area contributed by atoms with Gasteiger partial charge in [0.2, 0.25) is 0 Å². The number of aromatic hydroxyl groups is 1. The highest BCUT2D eigenvalue weighted by Gasteiger charge is 2.05. The molecule has 1 heterocycles. The molecular weight excluding hydrogens is 280 g/mol. The van der Waals surface area contributed by atoms with Crippen LogP contribution in [0.25, 0.3) is 11.0 Å². The van der Waals surface area contributed by atoms with Crippen LogP contribution in [0.2, 0.25) is 0 Å². The van der Waals surface area contributed by atoms with Gasteiger partial charge in [0.05, 0.1) is 23.6 Å². The van der Waals surface area contributed by atoms with Gasteiger partial charge in [-0.05, 0) is 42.0 Å². The van der Waals surface area contributed by atoms with Gasteiger partial charge in [-0.25, -0.2) is 10.4 Å². The van der Waals surface area contributed by atoms with Crippen LogP contribution in [0.15, 0.2) is 60.0 Å². The quantitative estimate of drug-likeness (QED) is 0.569. The summed E-state index contributed by atoms with van der Waals surface area (Å²) in [5.74, 6) is -0.0497. The van der Waals surface area contributed by atoms with E-state index in [1.54, 1.807) is 35.2 Å². The van der Waals surface area contributed by atoms with E-state index in [-0.39, 0.29) is 18.2 Å². The molecule has 6 heteroatoms. The number of carbonyl (C=O) groups is 1. The lowest BCUT2D eigenvalue weighted by molar-refractivity contribution is -0.121. The number of amides is 1. The standard InChI is InChI=1S/C16H14N4O2/c21-13-7-5-12(6-8-13)9-18-19-16(22)10-20-11-17-14-3-1-2-4-15(14)20/h1-9,11,21H,10H2,(H,19,22). The number of para-hydroxylation sites is 2. The van der Waals surface area contributed by atoms with Crippen molar-refractivity contribution in [3.63, 3.8) is 0 Å². The van der Waals surface area contributed by atoms with Crippen molar-refractivity contribution >= 4 is 23.2 Å². The molecule has 0 atom stereocenters. The van der Waals surface area contributed by atoms with Gasteiger partial charge in [-0.1, -0.05) is 12.1 Å². The summed E-state index contributed by atoms with van der Waals surface area (Å²) >= 11 is 0. The number of carbonyl (C=O) groups excluding carboxylic acids is 1. The fraction of sp³-hybridized carbons (Fsp3) is 0.0625. The highest BCUT2D eigenvalue weighted by molar-refractivity contribution is 5.83. The Morgan fingerprint density at radius 3 is 2.82 bits per heavy atom. The minimum atomic E-state index is -0.238. The molecule has 0 saturated heterocycles. The maximum absolute atomic E-state index is 11.9. The summed E-state index contributed by atoms with van der Waals surface area (Å²) in [5.41, 5.74) is 5.00. The van der Waals surface area contributed by atoms with Crippen molar-refractivity contribution in [2.75, 3.05) is 0 Å². The van der Waals surface area contributed by atoms with Crippen molar-refractivity contribution < 1.29 is 9.90 Å². The van der Waals surface area contributed by atoms with E-state index in [1.807, 2.05) is 24.3 Å². The van der Waals surface area contributed by atoms with Gasteiger partial charge in [0.1, 0.15) is 12.3 Å². The summed E-state index contributed by atoms with van der Waals surface area (Å²) < 4.78 is 1.76. The van der Waals surface area contributed by atoms with Crippen molar-refractivity contribution in [1.82, 2.24) is 15.0 Å². The zero-order valence-corrected chi connectivity index (χ0v) is 11.7. The number of phenols is 1. The Bertz CT molecular complexity index is 822. The van der Waals surface area contributed by atoms with Crippen LogP contribution in [-0.2, 0) is 11.3 Å². The number of hydrazone groups is 1. The van der Waals surface area contributed by atoms with Crippen LogP contribution in [0, 0.1) is 0 Å². The summed E-state index contributed by atoms with van der Waals surface area (Å²) in [6.45, 7) is 0.146. The molecule has 0 bridgehead atoms. The number of fused-ring (bicyclic) bond motifs is 1. The van der Waals surface area contributed by atoms with Crippen LogP contribution in [0.3, 0.4) is 0 Å². The lowest BCUT2D eigenvalue weighted by Crippen LogP contribution is -2.22. The smallest absolute Gasteiger partial charge is 0.260 e. The van der Waals surface area contributed by atoms with E-state index in [2.05, 4.69) is 15.5 Å². The summed E-state index contributed by atoms with van der Waals surface area (Å²) in [6, 6.07) is 14.1. The molecule has 3 aromatic rings. The van der Waals surface area contributed by atoms with Crippen LogP contribution >= 0.6 is 0 Å². The molecule has 2 aromatic carbocycles. The highest BCUT2D eigenvalue weighted by Crippen LogP contribution is 2.11. The molecule has 0 fully saturated rings. The molecule has 0 unspecified atom stereocenters. The zero-order valence-electron chi connectivity index (χ0n) is 11.7. The molecule has 1 aromatic heterocycles. The Hall–Kier alpha value is -3.15. The number of aromatic nitrogens is 2. The van der Waals surface area contributed by atoms with Crippen LogP contribution in [0.4, 0.5) is 0 Å². The third kappa shape index (κ3) is 3.12. The monoisotopic (exact) mass is 294 g/mol. The molecule has 3 rings (SSSR count). The Morgan fingerprint density at radius 2 is 2.00 bits per heavy atom. The second-order valence-corrected chi connectivity index (χ2v) is 4.75. The number of phenolic OH excluding ortho intramolecular Hbond substituents is 1. The number of nitrogens with zero attached hydrogens (tertiary/aromatic N) is 3. The normalized spacial score (nSPS) is 11.1. The first-order valence-corrected chi connectivity index (χ1v) is 6.73. The second kappa shape index (κ2) is 6.09. The lowest BCUT2D eigenvalue weighted by Gasteiger charge is -2.02. The summed E-state index contributed by atoms with van der Waals surface area (Å²) in [5, 5.41) is 13.1. The van der Waals surface area contributed by atoms with Gasteiger partial charge in [-0.15, -0.1) is 0 Å². The minimum Gasteiger partial charge on any atom is -0.508 e. The van der Waals surface area contributed by atoms with Crippen LogP contribution < -0.4 is 5.43 Å². The van der Waals surface area contributed by atoms with Gasteiger partial charge >= 0.3 is 0 Å². The van der Waals surface area contributed by atoms with Crippen molar-refractivity contribution in [2.45, 2.75) is 6.54 Å². The number of rotatable bonds is 4. The third-order valence-electron chi connectivity index (χ3n) is 3.14. The van der Waals surface area contributed by atoms with Crippen molar-refractivity contribution in [3.8, 4) is 5.75 Å². The Kier molecular flexibility index (Phi) is 3.82. The van der Waals surface area contributed by atoms with Gasteiger partial charge in [-0.3, -0.25) is 4.79 Å². The van der Waals surface area contributed by atoms with Crippen LogP contribution in [-0.4, -0.2) is 26.8 Å². The Morgan fingerprint density at radius 1 is 1.23 bits per heavy atom. The van der Waals surface area contributed by atoms with Crippen LogP contribution in [0.5, 0.6) is 5.75 Å². The molecule has 0 radical (unpaired) electrons. The fourth-order valence-electron chi connectivity index (χ4n) is 2.07. The molecule has 1 amide bonds. The average Bonchev–Trinajstić information content (AvgIpc) is 2.93. The lowest BCUT2D eigenvalue weighted by atomic mass is 10.2. The molecule has 0 aliphatic carbocycles. The minimum absolute atomic E-state index is 0.146. The van der Waals surface area contributed by atoms with E-state index in [9.17, 15) is 9.90 Å². The first kappa shape index (κ1) is 13.8. The molecule has 0 spiro atoms. The van der Waals surface area contributed by atoms with Crippen LogP contribution in [0.1, 0.15) is 5.56 Å².